The topological polar surface area (TPSA) is 45.1 Å². The SMILES string of the molecule is Cc1ccc2ccc(C3NCCc4sccc43)c(O)c2n1. The molecule has 0 saturated heterocycles. The highest BCUT2D eigenvalue weighted by Gasteiger charge is 2.25. The van der Waals surface area contributed by atoms with Gasteiger partial charge in [-0.05, 0) is 36.4 Å². The molecule has 4 heteroatoms. The maximum atomic E-state index is 10.7. The van der Waals surface area contributed by atoms with Crippen molar-refractivity contribution in [3.8, 4) is 5.75 Å². The number of rotatable bonds is 1. The summed E-state index contributed by atoms with van der Waals surface area (Å²) in [4.78, 5) is 5.91. The van der Waals surface area contributed by atoms with E-state index in [0.717, 1.165) is 29.6 Å². The molecule has 1 atom stereocenters. The lowest BCUT2D eigenvalue weighted by molar-refractivity contribution is 0.459. The highest BCUT2D eigenvalue weighted by molar-refractivity contribution is 7.10. The van der Waals surface area contributed by atoms with Crippen molar-refractivity contribution in [3.63, 3.8) is 0 Å². The quantitative estimate of drug-likeness (QED) is 0.722. The monoisotopic (exact) mass is 296 g/mol. The summed E-state index contributed by atoms with van der Waals surface area (Å²) in [6, 6.07) is 10.2. The molecule has 1 aliphatic heterocycles. The standard InChI is InChI=1S/C17H16N2OS/c1-10-2-3-11-4-5-13(17(20)15(11)19-10)16-12-7-9-21-14(12)6-8-18-16/h2-5,7,9,16,18,20H,6,8H2,1H3. The Morgan fingerprint density at radius 1 is 1.19 bits per heavy atom. The number of hydrogen-bond donors (Lipinski definition) is 2. The Morgan fingerprint density at radius 2 is 2.05 bits per heavy atom. The molecule has 0 aliphatic carbocycles. The van der Waals surface area contributed by atoms with Gasteiger partial charge in [-0.3, -0.25) is 0 Å². The van der Waals surface area contributed by atoms with Crippen LogP contribution >= 0.6 is 11.3 Å². The molecule has 0 radical (unpaired) electrons. The van der Waals surface area contributed by atoms with Gasteiger partial charge >= 0.3 is 0 Å². The molecule has 0 bridgehead atoms. The molecule has 106 valence electrons. The van der Waals surface area contributed by atoms with E-state index in [4.69, 9.17) is 0 Å². The van der Waals surface area contributed by atoms with Crippen LogP contribution < -0.4 is 5.32 Å². The van der Waals surface area contributed by atoms with Crippen LogP contribution in [0.25, 0.3) is 10.9 Å². The fourth-order valence-electron chi connectivity index (χ4n) is 3.05. The maximum absolute atomic E-state index is 10.7. The normalized spacial score (nSPS) is 17.9. The zero-order valence-corrected chi connectivity index (χ0v) is 12.6. The highest BCUT2D eigenvalue weighted by Crippen LogP contribution is 2.38. The number of phenolic OH excluding ortho intramolecular Hbond substituents is 1. The molecule has 3 heterocycles. The third-order valence-electron chi connectivity index (χ3n) is 4.11. The molecule has 1 unspecified atom stereocenters. The van der Waals surface area contributed by atoms with Crippen LogP contribution in [0, 0.1) is 6.92 Å². The minimum Gasteiger partial charge on any atom is -0.505 e. The Kier molecular flexibility index (Phi) is 2.94. The predicted molar refractivity (Wildman–Crippen MR) is 86.0 cm³/mol. The van der Waals surface area contributed by atoms with Crippen LogP contribution in [0.3, 0.4) is 0 Å². The van der Waals surface area contributed by atoms with Gasteiger partial charge < -0.3 is 10.4 Å². The molecule has 2 aromatic heterocycles. The van der Waals surface area contributed by atoms with Gasteiger partial charge in [0.2, 0.25) is 0 Å². The number of aryl methyl sites for hydroxylation is 1. The van der Waals surface area contributed by atoms with E-state index < -0.39 is 0 Å². The molecular formula is C17H16N2OS. The second kappa shape index (κ2) is 4.83. The van der Waals surface area contributed by atoms with E-state index in [9.17, 15) is 5.11 Å². The average Bonchev–Trinajstić information content (AvgIpc) is 2.97. The number of hydrogen-bond acceptors (Lipinski definition) is 4. The number of pyridine rings is 1. The van der Waals surface area contributed by atoms with Gasteiger partial charge in [-0.25, -0.2) is 4.98 Å². The van der Waals surface area contributed by atoms with E-state index in [2.05, 4.69) is 21.7 Å². The van der Waals surface area contributed by atoms with E-state index in [0.29, 0.717) is 11.3 Å². The smallest absolute Gasteiger partial charge is 0.146 e. The molecule has 4 rings (SSSR count). The van der Waals surface area contributed by atoms with E-state index in [-0.39, 0.29) is 6.04 Å². The van der Waals surface area contributed by atoms with Crippen molar-refractivity contribution in [3.05, 3.63) is 57.4 Å². The zero-order valence-electron chi connectivity index (χ0n) is 11.8. The molecule has 21 heavy (non-hydrogen) atoms. The van der Waals surface area contributed by atoms with Crippen molar-refractivity contribution in [2.24, 2.45) is 0 Å². The fourth-order valence-corrected chi connectivity index (χ4v) is 3.97. The second-order valence-electron chi connectivity index (χ2n) is 5.46. The van der Waals surface area contributed by atoms with Gasteiger partial charge in [-0.15, -0.1) is 11.3 Å². The molecule has 3 aromatic rings. The summed E-state index contributed by atoms with van der Waals surface area (Å²) in [7, 11) is 0. The van der Waals surface area contributed by atoms with Crippen molar-refractivity contribution in [2.75, 3.05) is 6.54 Å². The minimum atomic E-state index is 0.0618. The molecule has 0 amide bonds. The summed E-state index contributed by atoms with van der Waals surface area (Å²) in [5.41, 5.74) is 3.81. The number of aromatic hydroxyl groups is 1. The van der Waals surface area contributed by atoms with Gasteiger partial charge in [-0.2, -0.15) is 0 Å². The van der Waals surface area contributed by atoms with Crippen molar-refractivity contribution < 1.29 is 5.11 Å². The third-order valence-corrected chi connectivity index (χ3v) is 5.10. The second-order valence-corrected chi connectivity index (χ2v) is 6.46. The number of nitrogens with one attached hydrogen (secondary N) is 1. The lowest BCUT2D eigenvalue weighted by Gasteiger charge is -2.25. The molecular weight excluding hydrogens is 280 g/mol. The van der Waals surface area contributed by atoms with Crippen LogP contribution in [0.5, 0.6) is 5.75 Å². The molecule has 3 nitrogen and oxygen atoms in total. The molecule has 0 fully saturated rings. The lowest BCUT2D eigenvalue weighted by Crippen LogP contribution is -2.29. The molecule has 1 aliphatic rings. The molecule has 0 spiro atoms. The van der Waals surface area contributed by atoms with Crippen LogP contribution in [0.15, 0.2) is 35.7 Å². The largest absolute Gasteiger partial charge is 0.505 e. The first-order valence-corrected chi connectivity index (χ1v) is 8.01. The number of benzene rings is 1. The molecule has 1 aromatic carbocycles. The van der Waals surface area contributed by atoms with E-state index in [1.165, 1.54) is 10.4 Å². The molecule has 2 N–H and O–H groups in total. The maximum Gasteiger partial charge on any atom is 0.146 e. The number of fused-ring (bicyclic) bond motifs is 2. The van der Waals surface area contributed by atoms with Gasteiger partial charge in [0.05, 0.1) is 6.04 Å². The van der Waals surface area contributed by atoms with Gasteiger partial charge in [-0.1, -0.05) is 18.2 Å². The Hall–Kier alpha value is -1.91. The van der Waals surface area contributed by atoms with Crippen LogP contribution in [-0.2, 0) is 6.42 Å². The van der Waals surface area contributed by atoms with Crippen LogP contribution in [0.4, 0.5) is 0 Å². The Bertz CT molecular complexity index is 825. The van der Waals surface area contributed by atoms with Crippen molar-refractivity contribution in [2.45, 2.75) is 19.4 Å². The van der Waals surface area contributed by atoms with Gasteiger partial charge in [0.1, 0.15) is 11.3 Å². The number of nitrogens with zero attached hydrogens (tertiary/aromatic N) is 1. The number of thiophene rings is 1. The Morgan fingerprint density at radius 3 is 2.95 bits per heavy atom. The summed E-state index contributed by atoms with van der Waals surface area (Å²) < 4.78 is 0. The van der Waals surface area contributed by atoms with Crippen molar-refractivity contribution >= 4 is 22.2 Å². The van der Waals surface area contributed by atoms with Gasteiger partial charge in [0.25, 0.3) is 0 Å². The minimum absolute atomic E-state index is 0.0618. The van der Waals surface area contributed by atoms with Crippen LogP contribution in [-0.4, -0.2) is 16.6 Å². The zero-order chi connectivity index (χ0) is 14.4. The highest BCUT2D eigenvalue weighted by atomic mass is 32.1. The Labute approximate surface area is 127 Å². The van der Waals surface area contributed by atoms with Gasteiger partial charge in [0, 0.05) is 28.1 Å². The predicted octanol–water partition coefficient (Wildman–Crippen LogP) is 3.55. The van der Waals surface area contributed by atoms with Crippen molar-refractivity contribution in [1.29, 1.82) is 0 Å². The summed E-state index contributed by atoms with van der Waals surface area (Å²) in [5, 5.41) is 17.3. The van der Waals surface area contributed by atoms with Crippen LogP contribution in [0.1, 0.15) is 27.7 Å². The first-order valence-electron chi connectivity index (χ1n) is 7.13. The fraction of sp³-hybridized carbons (Fsp3) is 0.235. The van der Waals surface area contributed by atoms with E-state index in [1.54, 1.807) is 11.3 Å². The lowest BCUT2D eigenvalue weighted by atomic mass is 9.93. The third kappa shape index (κ3) is 2.03. The number of phenols is 1. The summed E-state index contributed by atoms with van der Waals surface area (Å²) in [6.07, 6.45) is 1.06. The van der Waals surface area contributed by atoms with Crippen LogP contribution in [0.2, 0.25) is 0 Å². The Balaban J connectivity index is 1.90. The average molecular weight is 296 g/mol. The number of aromatic nitrogens is 1. The van der Waals surface area contributed by atoms with Crippen molar-refractivity contribution in [1.82, 2.24) is 10.3 Å². The first-order chi connectivity index (χ1) is 10.2. The van der Waals surface area contributed by atoms with Gasteiger partial charge in [0.15, 0.2) is 0 Å². The van der Waals surface area contributed by atoms with E-state index in [1.807, 2.05) is 31.2 Å². The van der Waals surface area contributed by atoms with E-state index >= 15 is 0 Å². The summed E-state index contributed by atoms with van der Waals surface area (Å²) in [6.45, 7) is 2.89. The molecule has 0 saturated carbocycles. The summed E-state index contributed by atoms with van der Waals surface area (Å²) >= 11 is 1.80. The first kappa shape index (κ1) is 12.8. The summed E-state index contributed by atoms with van der Waals surface area (Å²) in [5.74, 6) is 0.299.